The molecular weight excluding hydrogens is 232 g/mol. The molecule has 0 spiro atoms. The van der Waals surface area contributed by atoms with Crippen molar-refractivity contribution in [2.24, 2.45) is 0 Å². The molecular formula is C9H16N2O4S. The van der Waals surface area contributed by atoms with E-state index in [9.17, 15) is 14.4 Å². The monoisotopic (exact) mass is 248 g/mol. The van der Waals surface area contributed by atoms with Gasteiger partial charge < -0.3 is 15.7 Å². The van der Waals surface area contributed by atoms with E-state index in [4.69, 9.17) is 5.11 Å². The highest BCUT2D eigenvalue weighted by Crippen LogP contribution is 1.97. The van der Waals surface area contributed by atoms with Gasteiger partial charge in [0.25, 0.3) is 0 Å². The summed E-state index contributed by atoms with van der Waals surface area (Å²) in [5.41, 5.74) is 0. The molecule has 6 nitrogen and oxygen atoms in total. The van der Waals surface area contributed by atoms with Gasteiger partial charge in [0, 0.05) is 20.0 Å². The standard InChI is InChI=1S/C9H16N2O4S/c1-7(12)10-3-2-4-11-8(13)5-16-6-9(14)15/h2-6H2,1H3,(H,10,12)(H,11,13)(H,14,15). The maximum Gasteiger partial charge on any atom is 0.313 e. The van der Waals surface area contributed by atoms with Crippen molar-refractivity contribution in [2.45, 2.75) is 13.3 Å². The maximum atomic E-state index is 11.1. The van der Waals surface area contributed by atoms with Crippen molar-refractivity contribution >= 4 is 29.5 Å². The molecule has 0 fully saturated rings. The Kier molecular flexibility index (Phi) is 8.32. The molecule has 0 aliphatic rings. The van der Waals surface area contributed by atoms with Crippen LogP contribution >= 0.6 is 11.8 Å². The van der Waals surface area contributed by atoms with Crippen LogP contribution in [0.2, 0.25) is 0 Å². The summed E-state index contributed by atoms with van der Waals surface area (Å²) in [7, 11) is 0. The highest BCUT2D eigenvalue weighted by Gasteiger charge is 2.03. The van der Waals surface area contributed by atoms with E-state index in [0.717, 1.165) is 11.8 Å². The summed E-state index contributed by atoms with van der Waals surface area (Å²) < 4.78 is 0. The molecule has 0 rings (SSSR count). The molecule has 0 heterocycles. The highest BCUT2D eigenvalue weighted by molar-refractivity contribution is 8.00. The predicted molar refractivity (Wildman–Crippen MR) is 61.3 cm³/mol. The molecule has 0 aromatic rings. The summed E-state index contributed by atoms with van der Waals surface area (Å²) in [4.78, 5) is 31.7. The number of rotatable bonds is 8. The fourth-order valence-electron chi connectivity index (χ4n) is 0.863. The number of nitrogens with one attached hydrogen (secondary N) is 2. The number of thioether (sulfide) groups is 1. The van der Waals surface area contributed by atoms with Crippen LogP contribution in [-0.4, -0.2) is 47.5 Å². The van der Waals surface area contributed by atoms with Crippen LogP contribution < -0.4 is 10.6 Å². The summed E-state index contributed by atoms with van der Waals surface area (Å²) >= 11 is 1.06. The van der Waals surface area contributed by atoms with Gasteiger partial charge in [-0.15, -0.1) is 11.8 Å². The molecule has 0 saturated carbocycles. The Morgan fingerprint density at radius 1 is 1.12 bits per heavy atom. The lowest BCUT2D eigenvalue weighted by Crippen LogP contribution is -2.30. The average Bonchev–Trinajstić information content (AvgIpc) is 2.16. The van der Waals surface area contributed by atoms with Crippen molar-refractivity contribution in [3.8, 4) is 0 Å². The van der Waals surface area contributed by atoms with Crippen LogP contribution in [0.25, 0.3) is 0 Å². The molecule has 92 valence electrons. The fraction of sp³-hybridized carbons (Fsp3) is 0.667. The molecule has 0 atom stereocenters. The molecule has 0 saturated heterocycles. The number of amides is 2. The summed E-state index contributed by atoms with van der Waals surface area (Å²) in [5.74, 6) is -1.13. The molecule has 0 bridgehead atoms. The minimum absolute atomic E-state index is 0.0701. The van der Waals surface area contributed by atoms with Crippen LogP contribution in [0.15, 0.2) is 0 Å². The van der Waals surface area contributed by atoms with Crippen LogP contribution in [0.1, 0.15) is 13.3 Å². The molecule has 3 N–H and O–H groups in total. The molecule has 7 heteroatoms. The van der Waals surface area contributed by atoms with E-state index in [1.807, 2.05) is 0 Å². The molecule has 0 aromatic carbocycles. The second kappa shape index (κ2) is 9.02. The molecule has 0 radical (unpaired) electrons. The van der Waals surface area contributed by atoms with Gasteiger partial charge in [0.2, 0.25) is 11.8 Å². The predicted octanol–water partition coefficient (Wildman–Crippen LogP) is -0.553. The highest BCUT2D eigenvalue weighted by atomic mass is 32.2. The van der Waals surface area contributed by atoms with E-state index in [2.05, 4.69) is 10.6 Å². The molecule has 16 heavy (non-hydrogen) atoms. The summed E-state index contributed by atoms with van der Waals surface area (Å²) in [5, 5.41) is 13.6. The Bertz CT molecular complexity index is 258. The van der Waals surface area contributed by atoms with E-state index in [-0.39, 0.29) is 23.3 Å². The second-order valence-electron chi connectivity index (χ2n) is 3.07. The third-order valence-electron chi connectivity index (χ3n) is 1.51. The quantitative estimate of drug-likeness (QED) is 0.501. The molecule has 0 aromatic heterocycles. The third-order valence-corrected chi connectivity index (χ3v) is 2.43. The summed E-state index contributed by atoms with van der Waals surface area (Å²) in [6, 6.07) is 0. The van der Waals surface area contributed by atoms with Crippen molar-refractivity contribution in [2.75, 3.05) is 24.6 Å². The van der Waals surface area contributed by atoms with Gasteiger partial charge in [-0.3, -0.25) is 14.4 Å². The van der Waals surface area contributed by atoms with Crippen molar-refractivity contribution < 1.29 is 19.5 Å². The lowest BCUT2D eigenvalue weighted by atomic mass is 10.4. The Morgan fingerprint density at radius 3 is 2.31 bits per heavy atom. The van der Waals surface area contributed by atoms with Gasteiger partial charge in [-0.25, -0.2) is 0 Å². The fourth-order valence-corrected chi connectivity index (χ4v) is 1.43. The number of aliphatic carboxylic acids is 1. The van der Waals surface area contributed by atoms with Crippen LogP contribution in [0, 0.1) is 0 Å². The summed E-state index contributed by atoms with van der Waals surface area (Å²) in [6.45, 7) is 2.44. The largest absolute Gasteiger partial charge is 0.481 e. The molecule has 0 aliphatic carbocycles. The minimum atomic E-state index is -0.927. The topological polar surface area (TPSA) is 95.5 Å². The second-order valence-corrected chi connectivity index (χ2v) is 4.06. The normalized spacial score (nSPS) is 9.56. The van der Waals surface area contributed by atoms with E-state index >= 15 is 0 Å². The zero-order valence-electron chi connectivity index (χ0n) is 9.12. The first-order chi connectivity index (χ1) is 7.52. The van der Waals surface area contributed by atoms with Crippen molar-refractivity contribution in [3.05, 3.63) is 0 Å². The van der Waals surface area contributed by atoms with Crippen LogP contribution in [0.3, 0.4) is 0 Å². The molecule has 0 aliphatic heterocycles. The number of carboxylic acids is 1. The number of carbonyl (C=O) groups excluding carboxylic acids is 2. The average molecular weight is 248 g/mol. The maximum absolute atomic E-state index is 11.1. The van der Waals surface area contributed by atoms with Gasteiger partial charge in [0.15, 0.2) is 0 Å². The van der Waals surface area contributed by atoms with Gasteiger partial charge in [-0.05, 0) is 6.42 Å². The molecule has 0 unspecified atom stereocenters. The first-order valence-corrected chi connectivity index (χ1v) is 5.98. The Hall–Kier alpha value is -1.24. The summed E-state index contributed by atoms with van der Waals surface area (Å²) in [6.07, 6.45) is 0.662. The minimum Gasteiger partial charge on any atom is -0.481 e. The number of carboxylic acid groups (broad SMARTS) is 1. The first kappa shape index (κ1) is 14.8. The molecule has 2 amide bonds. The zero-order valence-corrected chi connectivity index (χ0v) is 9.93. The lowest BCUT2D eigenvalue weighted by molar-refractivity contribution is -0.134. The van der Waals surface area contributed by atoms with Crippen LogP contribution in [0.4, 0.5) is 0 Å². The van der Waals surface area contributed by atoms with E-state index in [0.29, 0.717) is 19.5 Å². The smallest absolute Gasteiger partial charge is 0.313 e. The van der Waals surface area contributed by atoms with E-state index < -0.39 is 5.97 Å². The van der Waals surface area contributed by atoms with Gasteiger partial charge >= 0.3 is 5.97 Å². The van der Waals surface area contributed by atoms with Gasteiger partial charge in [-0.1, -0.05) is 0 Å². The van der Waals surface area contributed by atoms with Crippen molar-refractivity contribution in [1.82, 2.24) is 10.6 Å². The third kappa shape index (κ3) is 10.8. The van der Waals surface area contributed by atoms with Crippen LogP contribution in [0.5, 0.6) is 0 Å². The van der Waals surface area contributed by atoms with Crippen LogP contribution in [-0.2, 0) is 14.4 Å². The van der Waals surface area contributed by atoms with E-state index in [1.165, 1.54) is 6.92 Å². The van der Waals surface area contributed by atoms with Crippen molar-refractivity contribution in [3.63, 3.8) is 0 Å². The SMILES string of the molecule is CC(=O)NCCCNC(=O)CSCC(=O)O. The zero-order chi connectivity index (χ0) is 12.4. The van der Waals surface area contributed by atoms with Gasteiger partial charge in [0.05, 0.1) is 11.5 Å². The van der Waals surface area contributed by atoms with Crippen molar-refractivity contribution in [1.29, 1.82) is 0 Å². The Balaban J connectivity index is 3.30. The first-order valence-electron chi connectivity index (χ1n) is 4.83. The number of carbonyl (C=O) groups is 3. The van der Waals surface area contributed by atoms with E-state index in [1.54, 1.807) is 0 Å². The lowest BCUT2D eigenvalue weighted by Gasteiger charge is -2.04. The number of hydrogen-bond donors (Lipinski definition) is 3. The van der Waals surface area contributed by atoms with Gasteiger partial charge in [-0.2, -0.15) is 0 Å². The Labute approximate surface area is 98.2 Å². The Morgan fingerprint density at radius 2 is 1.75 bits per heavy atom. The number of hydrogen-bond acceptors (Lipinski definition) is 4. The van der Waals surface area contributed by atoms with Gasteiger partial charge in [0.1, 0.15) is 0 Å².